The molecule has 2 rings (SSSR count). The predicted molar refractivity (Wildman–Crippen MR) is 84.2 cm³/mol. The van der Waals surface area contributed by atoms with Crippen LogP contribution in [0.25, 0.3) is 0 Å². The van der Waals surface area contributed by atoms with Crippen molar-refractivity contribution < 1.29 is 14.7 Å². The predicted octanol–water partition coefficient (Wildman–Crippen LogP) is 2.43. The van der Waals surface area contributed by atoms with Crippen molar-refractivity contribution in [1.82, 2.24) is 0 Å². The number of carbonyl (C=O) groups excluding carboxylic acids is 2. The van der Waals surface area contributed by atoms with Crippen LogP contribution < -0.4 is 10.4 Å². The summed E-state index contributed by atoms with van der Waals surface area (Å²) in [4.78, 5) is 24.2. The van der Waals surface area contributed by atoms with Gasteiger partial charge in [-0.15, -0.1) is 0 Å². The lowest BCUT2D eigenvalue weighted by Gasteiger charge is -2.42. The van der Waals surface area contributed by atoms with Crippen LogP contribution in [0.15, 0.2) is 18.2 Å². The average Bonchev–Trinajstić information content (AvgIpc) is 2.66. The summed E-state index contributed by atoms with van der Waals surface area (Å²) < 4.78 is 0. The highest BCUT2D eigenvalue weighted by Crippen LogP contribution is 2.55. The van der Waals surface area contributed by atoms with Crippen molar-refractivity contribution in [3.8, 4) is 0 Å². The number of nitrogens with one attached hydrogen (secondary N) is 1. The Bertz CT molecular complexity index is 621. The van der Waals surface area contributed by atoms with Gasteiger partial charge in [0.15, 0.2) is 0 Å². The zero-order chi connectivity index (χ0) is 16.7. The van der Waals surface area contributed by atoms with Crippen LogP contribution in [0.4, 0.5) is 5.69 Å². The van der Waals surface area contributed by atoms with Crippen molar-refractivity contribution in [3.63, 3.8) is 0 Å². The molecule has 4 nitrogen and oxygen atoms in total. The smallest absolute Gasteiger partial charge is 0.228 e. The van der Waals surface area contributed by atoms with E-state index >= 15 is 0 Å². The fraction of sp³-hybridized carbons (Fsp3) is 0.556. The number of aliphatic carboxylic acids is 1. The third kappa shape index (κ3) is 2.51. The minimum atomic E-state index is -1.07. The molecule has 0 saturated heterocycles. The maximum atomic E-state index is 12.7. The van der Waals surface area contributed by atoms with Gasteiger partial charge >= 0.3 is 0 Å². The van der Waals surface area contributed by atoms with Gasteiger partial charge in [0.1, 0.15) is 0 Å². The molecule has 0 heterocycles. The van der Waals surface area contributed by atoms with Crippen LogP contribution >= 0.6 is 0 Å². The maximum Gasteiger partial charge on any atom is 0.228 e. The summed E-state index contributed by atoms with van der Waals surface area (Å²) in [5.41, 5.74) is 1.25. The van der Waals surface area contributed by atoms with Crippen LogP contribution in [0, 0.1) is 30.6 Å². The van der Waals surface area contributed by atoms with Crippen LogP contribution in [-0.2, 0) is 9.59 Å². The van der Waals surface area contributed by atoms with Gasteiger partial charge < -0.3 is 15.2 Å². The molecule has 4 heteroatoms. The van der Waals surface area contributed by atoms with E-state index < -0.39 is 16.8 Å². The molecule has 1 aliphatic carbocycles. The van der Waals surface area contributed by atoms with E-state index in [0.717, 1.165) is 16.8 Å². The number of hydrogen-bond donors (Lipinski definition) is 1. The molecule has 0 bridgehead atoms. The molecule has 1 aromatic carbocycles. The summed E-state index contributed by atoms with van der Waals surface area (Å²) in [5, 5.41) is 14.5. The Labute approximate surface area is 131 Å². The van der Waals surface area contributed by atoms with Gasteiger partial charge in [-0.3, -0.25) is 4.79 Å². The van der Waals surface area contributed by atoms with E-state index in [2.05, 4.69) is 5.32 Å². The average molecular weight is 302 g/mol. The molecule has 0 radical (unpaired) electrons. The van der Waals surface area contributed by atoms with Crippen molar-refractivity contribution in [2.45, 2.75) is 47.5 Å². The number of hydrogen-bond acceptors (Lipinski definition) is 3. The number of benzene rings is 1. The quantitative estimate of drug-likeness (QED) is 0.932. The van der Waals surface area contributed by atoms with Gasteiger partial charge in [0, 0.05) is 23.0 Å². The van der Waals surface area contributed by atoms with Crippen LogP contribution in [-0.4, -0.2) is 11.9 Å². The molecule has 2 atom stereocenters. The highest BCUT2D eigenvalue weighted by Gasteiger charge is 2.54. The van der Waals surface area contributed by atoms with Crippen molar-refractivity contribution in [3.05, 3.63) is 29.3 Å². The molecule has 120 valence electrons. The Morgan fingerprint density at radius 1 is 1.23 bits per heavy atom. The summed E-state index contributed by atoms with van der Waals surface area (Å²) in [6, 6.07) is 5.90. The lowest BCUT2D eigenvalue weighted by Crippen LogP contribution is -2.49. The molecule has 1 fully saturated rings. The van der Waals surface area contributed by atoms with Gasteiger partial charge in [0.2, 0.25) is 5.91 Å². The summed E-state index contributed by atoms with van der Waals surface area (Å²) >= 11 is 0. The summed E-state index contributed by atoms with van der Waals surface area (Å²) in [6.07, 6.45) is 1.03. The second-order valence-corrected chi connectivity index (χ2v) is 7.24. The molecule has 1 aliphatic rings. The van der Waals surface area contributed by atoms with Crippen molar-refractivity contribution >= 4 is 17.6 Å². The summed E-state index contributed by atoms with van der Waals surface area (Å²) in [6.45, 7) is 9.31. The minimum Gasteiger partial charge on any atom is -0.550 e. The molecule has 2 unspecified atom stereocenters. The van der Waals surface area contributed by atoms with E-state index in [1.807, 2.05) is 45.9 Å². The molecule has 1 aromatic rings. The topological polar surface area (TPSA) is 69.2 Å². The van der Waals surface area contributed by atoms with Gasteiger partial charge in [-0.1, -0.05) is 32.9 Å². The zero-order valence-electron chi connectivity index (χ0n) is 13.9. The first-order valence-corrected chi connectivity index (χ1v) is 7.69. The second-order valence-electron chi connectivity index (χ2n) is 7.24. The number of carbonyl (C=O) groups is 2. The van der Waals surface area contributed by atoms with Gasteiger partial charge in [0.25, 0.3) is 0 Å². The Kier molecular flexibility index (Phi) is 4.07. The highest BCUT2D eigenvalue weighted by molar-refractivity contribution is 5.95. The van der Waals surface area contributed by atoms with Crippen molar-refractivity contribution in [1.29, 1.82) is 0 Å². The molecular weight excluding hydrogens is 278 g/mol. The van der Waals surface area contributed by atoms with Crippen LogP contribution in [0.2, 0.25) is 0 Å². The van der Waals surface area contributed by atoms with Crippen LogP contribution in [0.1, 0.15) is 44.7 Å². The SMILES string of the molecule is Cc1ccc(C)c(NC(=O)C2CCC(C)(C(=O)[O-])C2(C)C)c1. The van der Waals surface area contributed by atoms with E-state index in [1.54, 1.807) is 6.92 Å². The molecule has 0 aliphatic heterocycles. The lowest BCUT2D eigenvalue weighted by atomic mass is 9.65. The zero-order valence-corrected chi connectivity index (χ0v) is 13.9. The van der Waals surface area contributed by atoms with Gasteiger partial charge in [-0.05, 0) is 49.3 Å². The van der Waals surface area contributed by atoms with Gasteiger partial charge in [-0.25, -0.2) is 0 Å². The first-order chi connectivity index (χ1) is 10.1. The number of amides is 1. The number of aryl methyl sites for hydroxylation is 2. The van der Waals surface area contributed by atoms with Crippen LogP contribution in [0.3, 0.4) is 0 Å². The number of rotatable bonds is 3. The number of carboxylic acid groups (broad SMARTS) is 1. The first-order valence-electron chi connectivity index (χ1n) is 7.69. The summed E-state index contributed by atoms with van der Waals surface area (Å²) in [7, 11) is 0. The van der Waals surface area contributed by atoms with E-state index in [4.69, 9.17) is 0 Å². The Balaban J connectivity index is 2.24. The summed E-state index contributed by atoms with van der Waals surface area (Å²) in [5.74, 6) is -1.52. The highest BCUT2D eigenvalue weighted by atomic mass is 16.4. The standard InChI is InChI=1S/C18H25NO3/c1-11-6-7-12(2)14(10-11)19-15(20)13-8-9-18(5,16(21)22)17(13,3)4/h6-7,10,13H,8-9H2,1-5H3,(H,19,20)(H,21,22)/p-1. The van der Waals surface area contributed by atoms with E-state index in [1.165, 1.54) is 0 Å². The van der Waals surface area contributed by atoms with E-state index in [-0.39, 0.29) is 11.8 Å². The molecule has 22 heavy (non-hydrogen) atoms. The Hall–Kier alpha value is -1.84. The van der Waals surface area contributed by atoms with Crippen molar-refractivity contribution in [2.75, 3.05) is 5.32 Å². The third-order valence-corrected chi connectivity index (χ3v) is 5.64. The van der Waals surface area contributed by atoms with Gasteiger partial charge in [0.05, 0.1) is 0 Å². The maximum absolute atomic E-state index is 12.7. The van der Waals surface area contributed by atoms with Crippen molar-refractivity contribution in [2.24, 2.45) is 16.7 Å². The largest absolute Gasteiger partial charge is 0.550 e. The molecule has 0 aromatic heterocycles. The van der Waals surface area contributed by atoms with Crippen LogP contribution in [0.5, 0.6) is 0 Å². The molecule has 0 spiro atoms. The first kappa shape index (κ1) is 16.5. The van der Waals surface area contributed by atoms with Gasteiger partial charge in [-0.2, -0.15) is 0 Å². The fourth-order valence-electron chi connectivity index (χ4n) is 3.41. The number of carboxylic acids is 1. The normalized spacial score (nSPS) is 26.7. The molecular formula is C18H24NO3-. The van der Waals surface area contributed by atoms with E-state index in [0.29, 0.717) is 12.8 Å². The minimum absolute atomic E-state index is 0.108. The lowest BCUT2D eigenvalue weighted by molar-refractivity contribution is -0.323. The Morgan fingerprint density at radius 2 is 1.86 bits per heavy atom. The number of anilines is 1. The monoisotopic (exact) mass is 302 g/mol. The van der Waals surface area contributed by atoms with E-state index in [9.17, 15) is 14.7 Å². The third-order valence-electron chi connectivity index (χ3n) is 5.64. The second kappa shape index (κ2) is 5.41. The fourth-order valence-corrected chi connectivity index (χ4v) is 3.41. The Morgan fingerprint density at radius 3 is 2.41 bits per heavy atom. The molecule has 1 N–H and O–H groups in total. The molecule has 1 amide bonds. The molecule has 1 saturated carbocycles.